The van der Waals surface area contributed by atoms with Gasteiger partial charge in [-0.3, -0.25) is 4.79 Å². The van der Waals surface area contributed by atoms with Gasteiger partial charge in [0.2, 0.25) is 0 Å². The molecule has 0 radical (unpaired) electrons. The molecule has 3 rings (SSSR count). The summed E-state index contributed by atoms with van der Waals surface area (Å²) in [6.07, 6.45) is 0. The summed E-state index contributed by atoms with van der Waals surface area (Å²) in [5.41, 5.74) is 0.959. The minimum atomic E-state index is -0.381. The first kappa shape index (κ1) is 10.2. The molecule has 1 atom stereocenters. The lowest BCUT2D eigenvalue weighted by atomic mass is 9.99. The van der Waals surface area contributed by atoms with Gasteiger partial charge in [0.05, 0.1) is 0 Å². The average molecular weight is 242 g/mol. The van der Waals surface area contributed by atoms with E-state index in [0.29, 0.717) is 5.11 Å². The van der Waals surface area contributed by atoms with E-state index in [0.717, 1.165) is 16.3 Å². The Kier molecular flexibility index (Phi) is 2.30. The third-order valence-corrected chi connectivity index (χ3v) is 3.13. The molecule has 2 N–H and O–H groups in total. The second-order valence-electron chi connectivity index (χ2n) is 3.96. The molecule has 2 aromatic rings. The van der Waals surface area contributed by atoms with E-state index < -0.39 is 0 Å². The van der Waals surface area contributed by atoms with Crippen LogP contribution in [0.5, 0.6) is 0 Å². The highest BCUT2D eigenvalue weighted by Crippen LogP contribution is 2.25. The fourth-order valence-corrected chi connectivity index (χ4v) is 2.36. The summed E-state index contributed by atoms with van der Waals surface area (Å²) in [4.78, 5) is 11.8. The minimum Gasteiger partial charge on any atom is -0.347 e. The fraction of sp³-hybridized carbons (Fsp3) is 0.0769. The van der Waals surface area contributed by atoms with Crippen molar-refractivity contribution in [2.75, 3.05) is 0 Å². The van der Waals surface area contributed by atoms with Crippen LogP contribution < -0.4 is 10.6 Å². The monoisotopic (exact) mass is 242 g/mol. The molecule has 1 saturated heterocycles. The first-order valence-corrected chi connectivity index (χ1v) is 5.75. The van der Waals surface area contributed by atoms with Crippen molar-refractivity contribution in [2.45, 2.75) is 6.04 Å². The van der Waals surface area contributed by atoms with Crippen LogP contribution in [-0.2, 0) is 4.79 Å². The highest BCUT2D eigenvalue weighted by Gasteiger charge is 2.29. The largest absolute Gasteiger partial charge is 0.347 e. The predicted octanol–water partition coefficient (Wildman–Crippen LogP) is 1.89. The molecule has 0 aliphatic carbocycles. The van der Waals surface area contributed by atoms with Crippen molar-refractivity contribution in [2.24, 2.45) is 0 Å². The molecule has 84 valence electrons. The molecule has 3 nitrogen and oxygen atoms in total. The zero-order chi connectivity index (χ0) is 11.8. The summed E-state index contributed by atoms with van der Waals surface area (Å²) in [6, 6.07) is 13.6. The van der Waals surface area contributed by atoms with Crippen molar-refractivity contribution < 1.29 is 4.79 Å². The third-order valence-electron chi connectivity index (χ3n) is 2.91. The van der Waals surface area contributed by atoms with Gasteiger partial charge >= 0.3 is 0 Å². The zero-order valence-electron chi connectivity index (χ0n) is 8.94. The Bertz CT molecular complexity index is 618. The van der Waals surface area contributed by atoms with Gasteiger partial charge in [-0.25, -0.2) is 0 Å². The molecule has 1 aliphatic rings. The maximum Gasteiger partial charge on any atom is 0.253 e. The van der Waals surface area contributed by atoms with E-state index in [1.807, 2.05) is 42.5 Å². The molecule has 0 aromatic heterocycles. The van der Waals surface area contributed by atoms with Crippen LogP contribution in [0.4, 0.5) is 0 Å². The van der Waals surface area contributed by atoms with Gasteiger partial charge in [0, 0.05) is 0 Å². The average Bonchev–Trinajstić information content (AvgIpc) is 2.68. The Labute approximate surface area is 104 Å². The molecule has 4 heteroatoms. The maximum atomic E-state index is 11.8. The molecule has 0 saturated carbocycles. The smallest absolute Gasteiger partial charge is 0.253 e. The van der Waals surface area contributed by atoms with Crippen LogP contribution in [0, 0.1) is 0 Å². The summed E-state index contributed by atoms with van der Waals surface area (Å²) in [5.74, 6) is -0.0913. The number of thiocarbonyl (C=S) groups is 1. The van der Waals surface area contributed by atoms with Crippen LogP contribution in [0.2, 0.25) is 0 Å². The summed E-state index contributed by atoms with van der Waals surface area (Å²) in [6.45, 7) is 0. The van der Waals surface area contributed by atoms with Crippen molar-refractivity contribution >= 4 is 34.0 Å². The van der Waals surface area contributed by atoms with Gasteiger partial charge in [0.1, 0.15) is 6.04 Å². The van der Waals surface area contributed by atoms with Crippen LogP contribution in [0.15, 0.2) is 42.5 Å². The van der Waals surface area contributed by atoms with Crippen molar-refractivity contribution in [1.82, 2.24) is 10.6 Å². The molecule has 1 amide bonds. The molecule has 2 aromatic carbocycles. The van der Waals surface area contributed by atoms with Crippen molar-refractivity contribution in [1.29, 1.82) is 0 Å². The van der Waals surface area contributed by atoms with E-state index in [1.165, 1.54) is 0 Å². The van der Waals surface area contributed by atoms with Crippen LogP contribution in [0.25, 0.3) is 10.8 Å². The topological polar surface area (TPSA) is 41.1 Å². The molecule has 17 heavy (non-hydrogen) atoms. The standard InChI is InChI=1S/C13H10N2OS/c16-12-11(14-13(17)15-12)10-7-3-5-8-4-1-2-6-9(8)10/h1-7,11H,(H2,14,15,16,17). The number of rotatable bonds is 1. The van der Waals surface area contributed by atoms with E-state index in [-0.39, 0.29) is 11.9 Å². The Morgan fingerprint density at radius 3 is 2.59 bits per heavy atom. The summed E-state index contributed by atoms with van der Waals surface area (Å²) in [7, 11) is 0. The molecular weight excluding hydrogens is 232 g/mol. The lowest BCUT2D eigenvalue weighted by molar-refractivity contribution is -0.120. The Hall–Kier alpha value is -1.94. The second-order valence-corrected chi connectivity index (χ2v) is 4.37. The number of nitrogens with one attached hydrogen (secondary N) is 2. The van der Waals surface area contributed by atoms with E-state index in [4.69, 9.17) is 12.2 Å². The van der Waals surface area contributed by atoms with Crippen molar-refractivity contribution in [3.63, 3.8) is 0 Å². The normalized spacial score (nSPS) is 19.2. The van der Waals surface area contributed by atoms with Gasteiger partial charge in [-0.05, 0) is 28.6 Å². The molecular formula is C13H10N2OS. The van der Waals surface area contributed by atoms with Gasteiger partial charge in [-0.15, -0.1) is 0 Å². The zero-order valence-corrected chi connectivity index (χ0v) is 9.75. The minimum absolute atomic E-state index is 0.0913. The lowest BCUT2D eigenvalue weighted by Crippen LogP contribution is -2.21. The summed E-state index contributed by atoms with van der Waals surface area (Å²) < 4.78 is 0. The Morgan fingerprint density at radius 2 is 1.82 bits per heavy atom. The van der Waals surface area contributed by atoms with E-state index in [9.17, 15) is 4.79 Å². The van der Waals surface area contributed by atoms with E-state index >= 15 is 0 Å². The predicted molar refractivity (Wildman–Crippen MR) is 70.6 cm³/mol. The van der Waals surface area contributed by atoms with Gasteiger partial charge in [0.15, 0.2) is 5.11 Å². The molecule has 1 heterocycles. The number of fused-ring (bicyclic) bond motifs is 1. The highest BCUT2D eigenvalue weighted by molar-refractivity contribution is 7.80. The van der Waals surface area contributed by atoms with Gasteiger partial charge in [-0.2, -0.15) is 0 Å². The Balaban J connectivity index is 2.17. The van der Waals surface area contributed by atoms with Gasteiger partial charge in [0.25, 0.3) is 5.91 Å². The number of benzene rings is 2. The maximum absolute atomic E-state index is 11.8. The summed E-state index contributed by atoms with van der Waals surface area (Å²) >= 11 is 4.95. The number of carbonyl (C=O) groups excluding carboxylic acids is 1. The highest BCUT2D eigenvalue weighted by atomic mass is 32.1. The number of hydrogen-bond acceptors (Lipinski definition) is 2. The van der Waals surface area contributed by atoms with E-state index in [1.54, 1.807) is 0 Å². The van der Waals surface area contributed by atoms with Crippen LogP contribution in [0.1, 0.15) is 11.6 Å². The molecule has 1 aliphatic heterocycles. The van der Waals surface area contributed by atoms with Crippen LogP contribution in [0.3, 0.4) is 0 Å². The molecule has 1 fully saturated rings. The number of amides is 1. The number of hydrogen-bond donors (Lipinski definition) is 2. The molecule has 1 unspecified atom stereocenters. The van der Waals surface area contributed by atoms with Gasteiger partial charge in [-0.1, -0.05) is 42.5 Å². The third kappa shape index (κ3) is 1.66. The SMILES string of the molecule is O=C1NC(=S)NC1c1cccc2ccccc12. The van der Waals surface area contributed by atoms with Gasteiger partial charge < -0.3 is 10.6 Å². The second kappa shape index (κ2) is 3.82. The van der Waals surface area contributed by atoms with Crippen molar-refractivity contribution in [3.05, 3.63) is 48.0 Å². The molecule has 0 spiro atoms. The molecule has 0 bridgehead atoms. The van der Waals surface area contributed by atoms with Crippen molar-refractivity contribution in [3.8, 4) is 0 Å². The van der Waals surface area contributed by atoms with Crippen LogP contribution >= 0.6 is 12.2 Å². The van der Waals surface area contributed by atoms with E-state index in [2.05, 4.69) is 10.6 Å². The number of carbonyl (C=O) groups is 1. The Morgan fingerprint density at radius 1 is 1.06 bits per heavy atom. The first-order chi connectivity index (χ1) is 8.25. The summed E-state index contributed by atoms with van der Waals surface area (Å²) in [5, 5.41) is 8.19. The van der Waals surface area contributed by atoms with Crippen LogP contribution in [-0.4, -0.2) is 11.0 Å². The fourth-order valence-electron chi connectivity index (χ4n) is 2.14. The lowest BCUT2D eigenvalue weighted by Gasteiger charge is -2.11. The quantitative estimate of drug-likeness (QED) is 0.750. The first-order valence-electron chi connectivity index (χ1n) is 5.35.